The fourth-order valence-electron chi connectivity index (χ4n) is 3.39. The number of nitrogens with zero attached hydrogens (tertiary/aromatic N) is 2. The third kappa shape index (κ3) is 5.91. The summed E-state index contributed by atoms with van der Waals surface area (Å²) in [4.78, 5) is 19.3. The van der Waals surface area contributed by atoms with Crippen molar-refractivity contribution in [3.8, 4) is 5.75 Å². The van der Waals surface area contributed by atoms with Gasteiger partial charge >= 0.3 is 0 Å². The molecule has 5 heteroatoms. The molecule has 156 valence electrons. The van der Waals surface area contributed by atoms with E-state index in [1.165, 1.54) is 0 Å². The van der Waals surface area contributed by atoms with E-state index in [9.17, 15) is 4.79 Å². The Labute approximate surface area is 178 Å². The first-order chi connectivity index (χ1) is 14.7. The summed E-state index contributed by atoms with van der Waals surface area (Å²) in [5.74, 6) is 0.807. The van der Waals surface area contributed by atoms with Crippen molar-refractivity contribution in [1.29, 1.82) is 0 Å². The van der Waals surface area contributed by atoms with Crippen LogP contribution in [0.2, 0.25) is 0 Å². The Morgan fingerprint density at radius 3 is 2.33 bits per heavy atom. The molecule has 1 unspecified atom stereocenters. The van der Waals surface area contributed by atoms with Gasteiger partial charge in [-0.25, -0.2) is 0 Å². The van der Waals surface area contributed by atoms with Crippen LogP contribution in [0.4, 0.5) is 0 Å². The zero-order valence-corrected chi connectivity index (χ0v) is 17.6. The molecule has 3 rings (SSSR count). The number of likely N-dealkylation sites (N-methyl/N-ethyl adjacent to an activating group) is 1. The van der Waals surface area contributed by atoms with E-state index in [2.05, 4.69) is 29.0 Å². The van der Waals surface area contributed by atoms with Gasteiger partial charge in [-0.1, -0.05) is 62.4 Å². The van der Waals surface area contributed by atoms with Crippen LogP contribution in [0.25, 0.3) is 0 Å². The fourth-order valence-corrected chi connectivity index (χ4v) is 3.39. The fraction of sp³-hybridized carbons (Fsp3) is 0.280. The van der Waals surface area contributed by atoms with Gasteiger partial charge < -0.3 is 10.1 Å². The summed E-state index contributed by atoms with van der Waals surface area (Å²) in [5, 5.41) is 3.09. The van der Waals surface area contributed by atoms with E-state index in [0.717, 1.165) is 35.5 Å². The molecule has 30 heavy (non-hydrogen) atoms. The van der Waals surface area contributed by atoms with Crippen molar-refractivity contribution in [2.24, 2.45) is 0 Å². The highest BCUT2D eigenvalue weighted by Gasteiger charge is 2.25. The van der Waals surface area contributed by atoms with Crippen molar-refractivity contribution >= 4 is 5.91 Å². The van der Waals surface area contributed by atoms with E-state index in [4.69, 9.17) is 4.74 Å². The monoisotopic (exact) mass is 403 g/mol. The first-order valence-corrected chi connectivity index (χ1v) is 10.4. The lowest BCUT2D eigenvalue weighted by Gasteiger charge is -2.29. The van der Waals surface area contributed by atoms with Crippen molar-refractivity contribution in [3.63, 3.8) is 0 Å². The van der Waals surface area contributed by atoms with Crippen LogP contribution >= 0.6 is 0 Å². The lowest BCUT2D eigenvalue weighted by molar-refractivity contribution is -0.126. The second-order valence-electron chi connectivity index (χ2n) is 7.05. The molecule has 0 aliphatic rings. The van der Waals surface area contributed by atoms with Gasteiger partial charge in [0.2, 0.25) is 5.91 Å². The summed E-state index contributed by atoms with van der Waals surface area (Å²) in [6, 6.07) is 21.3. The van der Waals surface area contributed by atoms with Crippen molar-refractivity contribution in [2.75, 3.05) is 13.1 Å². The number of hydrogen-bond acceptors (Lipinski definition) is 4. The Kier molecular flexibility index (Phi) is 7.98. The third-order valence-corrected chi connectivity index (χ3v) is 5.06. The van der Waals surface area contributed by atoms with E-state index in [0.29, 0.717) is 13.2 Å². The minimum Gasteiger partial charge on any atom is -0.489 e. The number of pyridine rings is 1. The summed E-state index contributed by atoms with van der Waals surface area (Å²) in [7, 11) is 0. The highest BCUT2D eigenvalue weighted by molar-refractivity contribution is 5.83. The highest BCUT2D eigenvalue weighted by Crippen LogP contribution is 2.21. The van der Waals surface area contributed by atoms with Crippen molar-refractivity contribution in [3.05, 3.63) is 95.8 Å². The molecular formula is C25H29N3O2. The Hall–Kier alpha value is -3.18. The number of carbonyl (C=O) groups is 1. The summed E-state index contributed by atoms with van der Waals surface area (Å²) >= 11 is 0. The Morgan fingerprint density at radius 2 is 1.70 bits per heavy atom. The topological polar surface area (TPSA) is 54.5 Å². The zero-order chi connectivity index (χ0) is 21.2. The first-order valence-electron chi connectivity index (χ1n) is 10.4. The minimum atomic E-state index is -0.289. The summed E-state index contributed by atoms with van der Waals surface area (Å²) in [6.07, 6.45) is 3.54. The molecule has 0 aliphatic heterocycles. The maximum atomic E-state index is 13.0. The number of benzene rings is 2. The standard InChI is InChI=1S/C25H29N3O2/c1-3-28(4-2)24(22-10-6-5-7-11-22)25(29)27-18-20-12-14-23(15-13-20)30-19-21-9-8-16-26-17-21/h5-17,24H,3-4,18-19H2,1-2H3,(H,27,29). The number of nitrogens with one attached hydrogen (secondary N) is 1. The summed E-state index contributed by atoms with van der Waals surface area (Å²) in [5.41, 5.74) is 3.07. The number of carbonyl (C=O) groups excluding carboxylic acids is 1. The minimum absolute atomic E-state index is 0.0156. The van der Waals surface area contributed by atoms with Crippen LogP contribution in [0, 0.1) is 0 Å². The number of rotatable bonds is 10. The number of ether oxygens (including phenoxy) is 1. The Balaban J connectivity index is 1.58. The molecular weight excluding hydrogens is 374 g/mol. The summed E-state index contributed by atoms with van der Waals surface area (Å²) in [6.45, 7) is 6.74. The second kappa shape index (κ2) is 11.1. The zero-order valence-electron chi connectivity index (χ0n) is 17.6. The van der Waals surface area contributed by atoms with Gasteiger partial charge in [0.1, 0.15) is 18.4 Å². The first kappa shape index (κ1) is 21.5. The van der Waals surface area contributed by atoms with Crippen LogP contribution in [-0.4, -0.2) is 28.9 Å². The van der Waals surface area contributed by atoms with Gasteiger partial charge in [-0.15, -0.1) is 0 Å². The van der Waals surface area contributed by atoms with Gasteiger partial charge in [-0.2, -0.15) is 0 Å². The van der Waals surface area contributed by atoms with Crippen LogP contribution in [0.15, 0.2) is 79.1 Å². The molecule has 1 aromatic heterocycles. The molecule has 0 bridgehead atoms. The van der Waals surface area contributed by atoms with Crippen LogP contribution < -0.4 is 10.1 Å². The molecule has 0 saturated carbocycles. The molecule has 0 aliphatic carbocycles. The largest absolute Gasteiger partial charge is 0.489 e. The van der Waals surface area contributed by atoms with E-state index < -0.39 is 0 Å². The number of amides is 1. The lowest BCUT2D eigenvalue weighted by atomic mass is 10.0. The van der Waals surface area contributed by atoms with Gasteiger partial charge in [-0.3, -0.25) is 14.7 Å². The molecule has 1 amide bonds. The quantitative estimate of drug-likeness (QED) is 0.546. The maximum Gasteiger partial charge on any atom is 0.242 e. The average Bonchev–Trinajstić information content (AvgIpc) is 2.81. The molecule has 0 saturated heterocycles. The Bertz CT molecular complexity index is 895. The van der Waals surface area contributed by atoms with Gasteiger partial charge in [0.05, 0.1) is 0 Å². The predicted octanol–water partition coefficient (Wildman–Crippen LogP) is 4.36. The van der Waals surface area contributed by atoms with Gasteiger partial charge in [-0.05, 0) is 42.4 Å². The highest BCUT2D eigenvalue weighted by atomic mass is 16.5. The molecule has 0 fully saturated rings. The predicted molar refractivity (Wildman–Crippen MR) is 119 cm³/mol. The van der Waals surface area contributed by atoms with Gasteiger partial charge in [0.25, 0.3) is 0 Å². The summed E-state index contributed by atoms with van der Waals surface area (Å²) < 4.78 is 5.80. The smallest absolute Gasteiger partial charge is 0.242 e. The van der Waals surface area contributed by atoms with E-state index >= 15 is 0 Å². The Morgan fingerprint density at radius 1 is 0.967 bits per heavy atom. The molecule has 1 atom stereocenters. The van der Waals surface area contributed by atoms with Crippen LogP contribution in [-0.2, 0) is 17.9 Å². The maximum absolute atomic E-state index is 13.0. The molecule has 1 N–H and O–H groups in total. The second-order valence-corrected chi connectivity index (χ2v) is 7.05. The average molecular weight is 404 g/mol. The third-order valence-electron chi connectivity index (χ3n) is 5.06. The molecule has 0 radical (unpaired) electrons. The number of aromatic nitrogens is 1. The number of hydrogen-bond donors (Lipinski definition) is 1. The molecule has 3 aromatic rings. The van der Waals surface area contributed by atoms with Crippen molar-refractivity contribution < 1.29 is 9.53 Å². The molecule has 2 aromatic carbocycles. The molecule has 0 spiro atoms. The van der Waals surface area contributed by atoms with Gasteiger partial charge in [0, 0.05) is 24.5 Å². The molecule has 5 nitrogen and oxygen atoms in total. The van der Waals surface area contributed by atoms with Crippen LogP contribution in [0.3, 0.4) is 0 Å². The van der Waals surface area contributed by atoms with E-state index in [-0.39, 0.29) is 11.9 Å². The van der Waals surface area contributed by atoms with Crippen molar-refractivity contribution in [1.82, 2.24) is 15.2 Å². The van der Waals surface area contributed by atoms with Crippen molar-refractivity contribution in [2.45, 2.75) is 33.0 Å². The van der Waals surface area contributed by atoms with E-state index in [1.54, 1.807) is 12.4 Å². The van der Waals surface area contributed by atoms with Crippen LogP contribution in [0.1, 0.15) is 36.6 Å². The van der Waals surface area contributed by atoms with E-state index in [1.807, 2.05) is 66.7 Å². The molecule has 1 heterocycles. The SMILES string of the molecule is CCN(CC)C(C(=O)NCc1ccc(OCc2cccnc2)cc1)c1ccccc1. The van der Waals surface area contributed by atoms with Crippen LogP contribution in [0.5, 0.6) is 5.75 Å². The normalized spacial score (nSPS) is 11.8. The van der Waals surface area contributed by atoms with Gasteiger partial charge in [0.15, 0.2) is 0 Å². The lowest BCUT2D eigenvalue weighted by Crippen LogP contribution is -2.40.